The van der Waals surface area contributed by atoms with Crippen LogP contribution in [-0.4, -0.2) is 24.8 Å². The van der Waals surface area contributed by atoms with Crippen LogP contribution in [0.1, 0.15) is 61.0 Å². The molecule has 0 fully saturated rings. The van der Waals surface area contributed by atoms with Crippen LogP contribution in [0.5, 0.6) is 11.5 Å². The van der Waals surface area contributed by atoms with E-state index in [1.165, 1.54) is 16.7 Å². The molecule has 1 heterocycles. The third-order valence-corrected chi connectivity index (χ3v) is 5.94. The molecule has 0 aromatic heterocycles. The fraction of sp³-hybridized carbons (Fsp3) is 0.435. The van der Waals surface area contributed by atoms with Crippen molar-refractivity contribution in [2.45, 2.75) is 50.7 Å². The lowest BCUT2D eigenvalue weighted by Gasteiger charge is -2.26. The van der Waals surface area contributed by atoms with Crippen LogP contribution in [0.2, 0.25) is 0 Å². The van der Waals surface area contributed by atoms with Gasteiger partial charge in [-0.15, -0.1) is 0 Å². The molecular formula is C23H26O5. The Morgan fingerprint density at radius 1 is 1.25 bits per heavy atom. The van der Waals surface area contributed by atoms with E-state index in [9.17, 15) is 4.79 Å². The summed E-state index contributed by atoms with van der Waals surface area (Å²) in [5, 5.41) is 9.05. The molecule has 5 heteroatoms. The molecular weight excluding hydrogens is 356 g/mol. The number of carbonyl (C=O) groups is 1. The Morgan fingerprint density at radius 3 is 2.82 bits per heavy atom. The lowest BCUT2D eigenvalue weighted by Crippen LogP contribution is -2.21. The molecule has 2 atom stereocenters. The van der Waals surface area contributed by atoms with Crippen LogP contribution in [0.3, 0.4) is 0 Å². The summed E-state index contributed by atoms with van der Waals surface area (Å²) in [5.41, 5.74) is 4.37. The highest BCUT2D eigenvalue weighted by atomic mass is 16.5. The number of hydrogen-bond donors (Lipinski definition) is 1. The summed E-state index contributed by atoms with van der Waals surface area (Å²) in [6.45, 7) is 4.58. The van der Waals surface area contributed by atoms with E-state index in [4.69, 9.17) is 19.3 Å². The number of benzene rings is 2. The first-order chi connectivity index (χ1) is 13.4. The van der Waals surface area contributed by atoms with Gasteiger partial charge in [0.05, 0.1) is 18.6 Å². The molecule has 0 radical (unpaired) electrons. The molecule has 0 amide bonds. The Morgan fingerprint density at radius 2 is 2.07 bits per heavy atom. The first-order valence-corrected chi connectivity index (χ1v) is 9.71. The minimum atomic E-state index is -0.806. The number of methoxy groups -OCH3 is 1. The van der Waals surface area contributed by atoms with Gasteiger partial charge in [-0.1, -0.05) is 24.3 Å². The molecule has 0 saturated carbocycles. The van der Waals surface area contributed by atoms with Crippen LogP contribution in [0.25, 0.3) is 0 Å². The third kappa shape index (κ3) is 3.35. The van der Waals surface area contributed by atoms with E-state index in [2.05, 4.69) is 32.0 Å². The van der Waals surface area contributed by atoms with Crippen molar-refractivity contribution in [1.29, 1.82) is 0 Å². The smallest absolute Gasteiger partial charge is 0.304 e. The van der Waals surface area contributed by atoms with Gasteiger partial charge in [0.15, 0.2) is 0 Å². The fourth-order valence-electron chi connectivity index (χ4n) is 4.29. The highest BCUT2D eigenvalue weighted by molar-refractivity contribution is 5.68. The van der Waals surface area contributed by atoms with Gasteiger partial charge in [0, 0.05) is 24.7 Å². The van der Waals surface area contributed by atoms with E-state index < -0.39 is 5.97 Å². The molecule has 1 aliphatic carbocycles. The highest BCUT2D eigenvalue weighted by Gasteiger charge is 2.32. The monoisotopic (exact) mass is 382 g/mol. The molecule has 1 N–H and O–H groups in total. The van der Waals surface area contributed by atoms with Gasteiger partial charge in [0.2, 0.25) is 0 Å². The fourth-order valence-corrected chi connectivity index (χ4v) is 4.29. The molecule has 28 heavy (non-hydrogen) atoms. The van der Waals surface area contributed by atoms with Gasteiger partial charge < -0.3 is 19.3 Å². The first-order valence-electron chi connectivity index (χ1n) is 9.71. The lowest BCUT2D eigenvalue weighted by atomic mass is 9.91. The second kappa shape index (κ2) is 7.13. The van der Waals surface area contributed by atoms with Crippen molar-refractivity contribution < 1.29 is 24.1 Å². The molecule has 4 rings (SSSR count). The summed E-state index contributed by atoms with van der Waals surface area (Å²) < 4.78 is 17.7. The first kappa shape index (κ1) is 18.8. The Bertz CT molecular complexity index is 902. The molecule has 2 aromatic carbocycles. The summed E-state index contributed by atoms with van der Waals surface area (Å²) in [6.07, 6.45) is 1.97. The molecule has 2 aliphatic rings. The molecule has 5 nitrogen and oxygen atoms in total. The van der Waals surface area contributed by atoms with E-state index >= 15 is 0 Å². The van der Waals surface area contributed by atoms with Crippen LogP contribution in [-0.2, 0) is 21.6 Å². The summed E-state index contributed by atoms with van der Waals surface area (Å²) in [6, 6.07) is 12.1. The van der Waals surface area contributed by atoms with Gasteiger partial charge >= 0.3 is 5.97 Å². The summed E-state index contributed by atoms with van der Waals surface area (Å²) >= 11 is 0. The zero-order chi connectivity index (χ0) is 19.9. The van der Waals surface area contributed by atoms with Crippen LogP contribution < -0.4 is 9.47 Å². The van der Waals surface area contributed by atoms with Crippen LogP contribution in [0.15, 0.2) is 36.4 Å². The van der Waals surface area contributed by atoms with Crippen LogP contribution in [0.4, 0.5) is 0 Å². The zero-order valence-corrected chi connectivity index (χ0v) is 16.5. The largest absolute Gasteiger partial charge is 0.492 e. The standard InChI is InChI=1S/C23H26O5/c1-23(2,26-3)19-6-4-5-18-17(19)9-10-20(18)28-15-7-8-16-14(11-22(24)25)13-27-21(16)12-15/h4-8,12,14,20H,9-11,13H2,1-3H3,(H,24,25). The predicted octanol–water partition coefficient (Wildman–Crippen LogP) is 4.59. The van der Waals surface area contributed by atoms with Gasteiger partial charge in [0.1, 0.15) is 17.6 Å². The average Bonchev–Trinajstić information content (AvgIpc) is 3.25. The van der Waals surface area contributed by atoms with Gasteiger partial charge in [-0.05, 0) is 49.4 Å². The van der Waals surface area contributed by atoms with E-state index in [1.54, 1.807) is 7.11 Å². The quantitative estimate of drug-likeness (QED) is 0.792. The van der Waals surface area contributed by atoms with Crippen molar-refractivity contribution in [2.75, 3.05) is 13.7 Å². The van der Waals surface area contributed by atoms with Crippen molar-refractivity contribution in [1.82, 2.24) is 0 Å². The molecule has 148 valence electrons. The minimum absolute atomic E-state index is 0.00289. The van der Waals surface area contributed by atoms with Crippen LogP contribution in [0, 0.1) is 0 Å². The van der Waals surface area contributed by atoms with E-state index in [0.29, 0.717) is 6.61 Å². The second-order valence-electron chi connectivity index (χ2n) is 8.04. The molecule has 1 aliphatic heterocycles. The van der Waals surface area contributed by atoms with Crippen LogP contribution >= 0.6 is 0 Å². The lowest BCUT2D eigenvalue weighted by molar-refractivity contribution is -0.137. The van der Waals surface area contributed by atoms with Crippen molar-refractivity contribution in [2.24, 2.45) is 0 Å². The second-order valence-corrected chi connectivity index (χ2v) is 8.04. The maximum absolute atomic E-state index is 11.0. The number of carboxylic acid groups (broad SMARTS) is 1. The average molecular weight is 382 g/mol. The van der Waals surface area contributed by atoms with Crippen molar-refractivity contribution >= 4 is 5.97 Å². The highest BCUT2D eigenvalue weighted by Crippen LogP contribution is 2.43. The minimum Gasteiger partial charge on any atom is -0.492 e. The molecule has 0 saturated heterocycles. The number of hydrogen-bond acceptors (Lipinski definition) is 4. The summed E-state index contributed by atoms with van der Waals surface area (Å²) in [5.74, 6) is 0.590. The number of fused-ring (bicyclic) bond motifs is 2. The van der Waals surface area contributed by atoms with Crippen molar-refractivity contribution in [3.8, 4) is 11.5 Å². The Hall–Kier alpha value is -2.53. The van der Waals surface area contributed by atoms with E-state index in [-0.39, 0.29) is 24.0 Å². The Balaban J connectivity index is 1.55. The topological polar surface area (TPSA) is 65.0 Å². The zero-order valence-electron chi connectivity index (χ0n) is 16.5. The maximum Gasteiger partial charge on any atom is 0.304 e. The van der Waals surface area contributed by atoms with Gasteiger partial charge in [-0.3, -0.25) is 4.79 Å². The van der Waals surface area contributed by atoms with Crippen molar-refractivity contribution in [3.63, 3.8) is 0 Å². The number of aliphatic carboxylic acids is 1. The number of rotatable bonds is 6. The van der Waals surface area contributed by atoms with Gasteiger partial charge in [-0.2, -0.15) is 0 Å². The molecule has 2 aromatic rings. The summed E-state index contributed by atoms with van der Waals surface area (Å²) in [4.78, 5) is 11.0. The van der Waals surface area contributed by atoms with Gasteiger partial charge in [0.25, 0.3) is 0 Å². The number of carboxylic acids is 1. The number of ether oxygens (including phenoxy) is 3. The van der Waals surface area contributed by atoms with Gasteiger partial charge in [-0.25, -0.2) is 0 Å². The SMILES string of the molecule is COC(C)(C)c1cccc2c1CCC2Oc1ccc2c(c1)OCC2CC(=O)O. The predicted molar refractivity (Wildman–Crippen MR) is 105 cm³/mol. The third-order valence-electron chi connectivity index (χ3n) is 5.94. The van der Waals surface area contributed by atoms with Crippen molar-refractivity contribution in [3.05, 3.63) is 58.7 Å². The normalized spacial score (nSPS) is 20.4. The maximum atomic E-state index is 11.0. The molecule has 0 bridgehead atoms. The Kier molecular flexibility index (Phi) is 4.79. The molecule has 0 spiro atoms. The molecule has 2 unspecified atom stereocenters. The van der Waals surface area contributed by atoms with E-state index in [1.807, 2.05) is 18.2 Å². The summed E-state index contributed by atoms with van der Waals surface area (Å²) in [7, 11) is 1.74. The Labute approximate surface area is 165 Å². The van der Waals surface area contributed by atoms with E-state index in [0.717, 1.165) is 29.9 Å².